The van der Waals surface area contributed by atoms with E-state index in [9.17, 15) is 9.90 Å². The normalized spacial score (nSPS) is 24.6. The summed E-state index contributed by atoms with van der Waals surface area (Å²) in [5.74, 6) is -0.745. The Morgan fingerprint density at radius 2 is 2.38 bits per heavy atom. The highest BCUT2D eigenvalue weighted by Gasteiger charge is 2.40. The molecule has 2 N–H and O–H groups in total. The van der Waals surface area contributed by atoms with Crippen LogP contribution in [0.2, 0.25) is 0 Å². The predicted molar refractivity (Wildman–Crippen MR) is 65.4 cm³/mol. The van der Waals surface area contributed by atoms with E-state index in [1.807, 2.05) is 24.3 Å². The molecule has 1 aromatic carbocycles. The summed E-state index contributed by atoms with van der Waals surface area (Å²) in [6.45, 7) is 0.792. The van der Waals surface area contributed by atoms with Gasteiger partial charge in [-0.3, -0.25) is 4.79 Å². The van der Waals surface area contributed by atoms with Crippen LogP contribution >= 0.6 is 15.9 Å². The van der Waals surface area contributed by atoms with E-state index >= 15 is 0 Å². The number of carbonyl (C=O) groups is 1. The van der Waals surface area contributed by atoms with Gasteiger partial charge in [0.2, 0.25) is 0 Å². The molecule has 1 aromatic rings. The van der Waals surface area contributed by atoms with Gasteiger partial charge < -0.3 is 10.4 Å². The lowest BCUT2D eigenvalue weighted by Gasteiger charge is -2.24. The number of halogens is 1. The Morgan fingerprint density at radius 1 is 1.56 bits per heavy atom. The number of benzene rings is 1. The van der Waals surface area contributed by atoms with Crippen molar-refractivity contribution in [3.8, 4) is 0 Å². The first-order valence-corrected chi connectivity index (χ1v) is 6.15. The van der Waals surface area contributed by atoms with Crippen molar-refractivity contribution in [2.24, 2.45) is 0 Å². The molecule has 1 saturated heterocycles. The largest absolute Gasteiger partial charge is 0.480 e. The predicted octanol–water partition coefficient (Wildman–Crippen LogP) is 2.20. The summed E-state index contributed by atoms with van der Waals surface area (Å²) in [7, 11) is 0. The third-order valence-electron chi connectivity index (χ3n) is 3.05. The zero-order valence-electron chi connectivity index (χ0n) is 8.87. The maximum Gasteiger partial charge on any atom is 0.324 e. The van der Waals surface area contributed by atoms with E-state index in [-0.39, 0.29) is 0 Å². The van der Waals surface area contributed by atoms with Crippen molar-refractivity contribution in [2.75, 3.05) is 6.54 Å². The van der Waals surface area contributed by atoms with Crippen molar-refractivity contribution >= 4 is 21.9 Å². The Balaban J connectivity index is 2.21. The zero-order valence-corrected chi connectivity index (χ0v) is 10.5. The van der Waals surface area contributed by atoms with Crippen LogP contribution in [-0.4, -0.2) is 23.2 Å². The first kappa shape index (κ1) is 11.6. The summed E-state index contributed by atoms with van der Waals surface area (Å²) in [5.41, 5.74) is 0.284. The molecule has 0 radical (unpaired) electrons. The minimum Gasteiger partial charge on any atom is -0.480 e. The average Bonchev–Trinajstić information content (AvgIpc) is 2.67. The molecule has 1 aliphatic heterocycles. The van der Waals surface area contributed by atoms with Crippen molar-refractivity contribution in [3.05, 3.63) is 34.3 Å². The molecule has 16 heavy (non-hydrogen) atoms. The standard InChI is InChI=1S/C12H14BrNO2/c13-10-4-1-3-9(7-10)8-12(11(15)16)5-2-6-14-12/h1,3-4,7,14H,2,5-6,8H2,(H,15,16)/t12-/m1/s1. The number of aliphatic carboxylic acids is 1. The summed E-state index contributed by atoms with van der Waals surface area (Å²) >= 11 is 3.40. The van der Waals surface area contributed by atoms with Gasteiger partial charge in [0.1, 0.15) is 5.54 Å². The Labute approximate surface area is 103 Å². The fourth-order valence-electron chi connectivity index (χ4n) is 2.21. The van der Waals surface area contributed by atoms with E-state index in [1.54, 1.807) is 0 Å². The highest BCUT2D eigenvalue weighted by atomic mass is 79.9. The lowest BCUT2D eigenvalue weighted by molar-refractivity contribution is -0.144. The highest BCUT2D eigenvalue weighted by Crippen LogP contribution is 2.25. The quantitative estimate of drug-likeness (QED) is 0.894. The lowest BCUT2D eigenvalue weighted by Crippen LogP contribution is -2.49. The van der Waals surface area contributed by atoms with Gasteiger partial charge in [-0.05, 0) is 37.1 Å². The van der Waals surface area contributed by atoms with Crippen LogP contribution in [-0.2, 0) is 11.2 Å². The van der Waals surface area contributed by atoms with Crippen molar-refractivity contribution in [3.63, 3.8) is 0 Å². The number of hydrogen-bond acceptors (Lipinski definition) is 2. The van der Waals surface area contributed by atoms with E-state index < -0.39 is 11.5 Å². The molecule has 2 rings (SSSR count). The molecular formula is C12H14BrNO2. The highest BCUT2D eigenvalue weighted by molar-refractivity contribution is 9.10. The molecule has 0 aliphatic carbocycles. The summed E-state index contributed by atoms with van der Waals surface area (Å²) in [5, 5.41) is 12.4. The third-order valence-corrected chi connectivity index (χ3v) is 3.54. The van der Waals surface area contributed by atoms with E-state index in [1.165, 1.54) is 0 Å². The molecule has 0 spiro atoms. The van der Waals surface area contributed by atoms with Gasteiger partial charge in [-0.2, -0.15) is 0 Å². The Morgan fingerprint density at radius 3 is 2.94 bits per heavy atom. The Hall–Kier alpha value is -0.870. The molecule has 3 nitrogen and oxygen atoms in total. The Kier molecular flexibility index (Phi) is 3.30. The van der Waals surface area contributed by atoms with Crippen LogP contribution in [0.5, 0.6) is 0 Å². The van der Waals surface area contributed by atoms with E-state index in [0.717, 1.165) is 23.0 Å². The van der Waals surface area contributed by atoms with Gasteiger partial charge in [0.15, 0.2) is 0 Å². The summed E-state index contributed by atoms with van der Waals surface area (Å²) < 4.78 is 0.989. The molecule has 0 bridgehead atoms. The second-order valence-electron chi connectivity index (χ2n) is 4.22. The number of carboxylic acids is 1. The van der Waals surface area contributed by atoms with E-state index in [4.69, 9.17) is 0 Å². The van der Waals surface area contributed by atoms with Gasteiger partial charge in [0.05, 0.1) is 0 Å². The van der Waals surface area contributed by atoms with Crippen molar-refractivity contribution < 1.29 is 9.90 Å². The number of nitrogens with one attached hydrogen (secondary N) is 1. The number of hydrogen-bond donors (Lipinski definition) is 2. The molecule has 86 valence electrons. The van der Waals surface area contributed by atoms with Crippen LogP contribution in [0.1, 0.15) is 18.4 Å². The number of rotatable bonds is 3. The van der Waals surface area contributed by atoms with Crippen LogP contribution in [0.15, 0.2) is 28.7 Å². The maximum atomic E-state index is 11.3. The lowest BCUT2D eigenvalue weighted by atomic mass is 9.89. The van der Waals surface area contributed by atoms with E-state index in [2.05, 4.69) is 21.2 Å². The summed E-state index contributed by atoms with van der Waals surface area (Å²) in [6.07, 6.45) is 2.18. The molecule has 1 atom stereocenters. The van der Waals surface area contributed by atoms with E-state index in [0.29, 0.717) is 12.8 Å². The van der Waals surface area contributed by atoms with Crippen molar-refractivity contribution in [1.29, 1.82) is 0 Å². The maximum absolute atomic E-state index is 11.3. The van der Waals surface area contributed by atoms with Crippen LogP contribution in [0, 0.1) is 0 Å². The second-order valence-corrected chi connectivity index (χ2v) is 5.14. The SMILES string of the molecule is O=C(O)[C@]1(Cc2cccc(Br)c2)CCCN1. The van der Waals surface area contributed by atoms with Gasteiger partial charge in [0, 0.05) is 10.9 Å². The molecule has 4 heteroatoms. The van der Waals surface area contributed by atoms with Gasteiger partial charge in [-0.1, -0.05) is 28.1 Å². The molecule has 0 amide bonds. The van der Waals surface area contributed by atoms with Gasteiger partial charge >= 0.3 is 5.97 Å². The van der Waals surface area contributed by atoms with Crippen LogP contribution < -0.4 is 5.32 Å². The fourth-order valence-corrected chi connectivity index (χ4v) is 2.66. The van der Waals surface area contributed by atoms with Gasteiger partial charge in [-0.25, -0.2) is 0 Å². The average molecular weight is 284 g/mol. The first-order chi connectivity index (χ1) is 7.62. The van der Waals surface area contributed by atoms with Crippen LogP contribution in [0.4, 0.5) is 0 Å². The second kappa shape index (κ2) is 4.55. The van der Waals surface area contributed by atoms with Crippen molar-refractivity contribution in [1.82, 2.24) is 5.32 Å². The Bertz CT molecular complexity index is 400. The molecule has 0 aromatic heterocycles. The monoisotopic (exact) mass is 283 g/mol. The molecule has 0 unspecified atom stereocenters. The smallest absolute Gasteiger partial charge is 0.324 e. The third kappa shape index (κ3) is 2.28. The minimum absolute atomic E-state index is 0.543. The molecule has 0 saturated carbocycles. The summed E-state index contributed by atoms with van der Waals surface area (Å²) in [6, 6.07) is 7.82. The van der Waals surface area contributed by atoms with Crippen LogP contribution in [0.25, 0.3) is 0 Å². The minimum atomic E-state index is -0.763. The number of carboxylic acid groups (broad SMARTS) is 1. The van der Waals surface area contributed by atoms with Crippen LogP contribution in [0.3, 0.4) is 0 Å². The molecular weight excluding hydrogens is 270 g/mol. The molecule has 1 heterocycles. The first-order valence-electron chi connectivity index (χ1n) is 5.35. The molecule has 1 aliphatic rings. The summed E-state index contributed by atoms with van der Waals surface area (Å²) in [4.78, 5) is 11.3. The van der Waals surface area contributed by atoms with Crippen molar-refractivity contribution in [2.45, 2.75) is 24.8 Å². The van der Waals surface area contributed by atoms with Gasteiger partial charge in [0.25, 0.3) is 0 Å². The zero-order chi connectivity index (χ0) is 11.6. The topological polar surface area (TPSA) is 49.3 Å². The fraction of sp³-hybridized carbons (Fsp3) is 0.417. The molecule has 1 fully saturated rings. The van der Waals surface area contributed by atoms with Gasteiger partial charge in [-0.15, -0.1) is 0 Å².